The Bertz CT molecular complexity index is 1450. The summed E-state index contributed by atoms with van der Waals surface area (Å²) < 4.78 is 5.25. The van der Waals surface area contributed by atoms with E-state index in [4.69, 9.17) is 4.74 Å². The number of carbonyl (C=O) groups excluding carboxylic acids is 3. The lowest BCUT2D eigenvalue weighted by Crippen LogP contribution is -2.55. The van der Waals surface area contributed by atoms with Crippen LogP contribution >= 0.6 is 0 Å². The summed E-state index contributed by atoms with van der Waals surface area (Å²) in [6.07, 6.45) is 2.20. The number of imide groups is 1. The van der Waals surface area contributed by atoms with E-state index in [1.54, 1.807) is 41.2 Å². The number of urea groups is 1. The van der Waals surface area contributed by atoms with E-state index in [0.29, 0.717) is 35.2 Å². The molecule has 0 N–H and O–H groups in total. The second kappa shape index (κ2) is 7.81. The van der Waals surface area contributed by atoms with Gasteiger partial charge in [0.1, 0.15) is 23.6 Å². The Hall–Kier alpha value is -4.45. The highest BCUT2D eigenvalue weighted by Crippen LogP contribution is 2.43. The van der Waals surface area contributed by atoms with E-state index in [-0.39, 0.29) is 36.0 Å². The average Bonchev–Trinajstić information content (AvgIpc) is 3.55. The topological polar surface area (TPSA) is 107 Å². The summed E-state index contributed by atoms with van der Waals surface area (Å²) in [5.74, 6) is 0.243. The van der Waals surface area contributed by atoms with Crippen molar-refractivity contribution in [2.24, 2.45) is 0 Å². The van der Waals surface area contributed by atoms with E-state index >= 15 is 0 Å². The van der Waals surface area contributed by atoms with Crippen LogP contribution in [0.15, 0.2) is 54.7 Å². The van der Waals surface area contributed by atoms with Crippen LogP contribution in [-0.4, -0.2) is 64.4 Å². The predicted molar refractivity (Wildman–Crippen MR) is 126 cm³/mol. The number of carbonyl (C=O) groups is 3. The molecule has 3 saturated heterocycles. The molecule has 1 aromatic heterocycles. The number of nitrogens with zero attached hydrogens (tertiary/aromatic N) is 5. The Kier molecular flexibility index (Phi) is 4.71. The van der Waals surface area contributed by atoms with Crippen LogP contribution in [0.3, 0.4) is 0 Å². The van der Waals surface area contributed by atoms with E-state index in [9.17, 15) is 19.6 Å². The normalized spacial score (nSPS) is 22.6. The van der Waals surface area contributed by atoms with Crippen LogP contribution in [0.5, 0.6) is 5.75 Å². The van der Waals surface area contributed by atoms with Crippen molar-refractivity contribution in [1.82, 2.24) is 14.8 Å². The zero-order valence-electron chi connectivity index (χ0n) is 18.9. The summed E-state index contributed by atoms with van der Waals surface area (Å²) in [7, 11) is 1.58. The second-order valence-corrected chi connectivity index (χ2v) is 8.99. The molecule has 35 heavy (non-hydrogen) atoms. The first-order valence-electron chi connectivity index (χ1n) is 11.4. The Balaban J connectivity index is 1.30. The largest absolute Gasteiger partial charge is 0.497 e. The highest BCUT2D eigenvalue weighted by atomic mass is 16.5. The molecule has 0 radical (unpaired) electrons. The average molecular weight is 467 g/mol. The summed E-state index contributed by atoms with van der Waals surface area (Å²) >= 11 is 0. The van der Waals surface area contributed by atoms with Gasteiger partial charge in [-0.05, 0) is 24.1 Å². The van der Waals surface area contributed by atoms with Crippen molar-refractivity contribution in [3.8, 4) is 11.8 Å². The number of aromatic nitrogens is 1. The van der Waals surface area contributed by atoms with Gasteiger partial charge >= 0.3 is 6.03 Å². The minimum absolute atomic E-state index is 0.0745. The van der Waals surface area contributed by atoms with Gasteiger partial charge in [-0.2, -0.15) is 5.26 Å². The number of hydrogen-bond donors (Lipinski definition) is 0. The van der Waals surface area contributed by atoms with Gasteiger partial charge in [-0.25, -0.2) is 14.7 Å². The molecule has 3 aliphatic rings. The van der Waals surface area contributed by atoms with Gasteiger partial charge in [0.05, 0.1) is 37.5 Å². The maximum atomic E-state index is 13.6. The van der Waals surface area contributed by atoms with Gasteiger partial charge in [-0.15, -0.1) is 0 Å². The van der Waals surface area contributed by atoms with Crippen LogP contribution in [0, 0.1) is 11.3 Å². The van der Waals surface area contributed by atoms with Gasteiger partial charge in [0.15, 0.2) is 0 Å². The van der Waals surface area contributed by atoms with Crippen molar-refractivity contribution >= 4 is 34.3 Å². The Morgan fingerprint density at radius 3 is 2.74 bits per heavy atom. The molecule has 1 unspecified atom stereocenters. The molecule has 4 heterocycles. The van der Waals surface area contributed by atoms with Gasteiger partial charge < -0.3 is 14.5 Å². The molecule has 9 nitrogen and oxygen atoms in total. The first-order valence-corrected chi connectivity index (χ1v) is 11.4. The van der Waals surface area contributed by atoms with E-state index in [2.05, 4.69) is 11.1 Å². The number of amides is 4. The molecule has 0 spiro atoms. The minimum Gasteiger partial charge on any atom is -0.497 e. The van der Waals surface area contributed by atoms with Gasteiger partial charge in [-0.3, -0.25) is 9.59 Å². The van der Waals surface area contributed by atoms with E-state index < -0.39 is 12.1 Å². The van der Waals surface area contributed by atoms with Crippen molar-refractivity contribution in [3.63, 3.8) is 0 Å². The number of hydrogen-bond acceptors (Lipinski definition) is 6. The molecule has 0 aliphatic carbocycles. The van der Waals surface area contributed by atoms with Crippen molar-refractivity contribution in [2.75, 3.05) is 18.6 Å². The number of nitriles is 1. The Labute approximate surface area is 201 Å². The molecule has 0 saturated carbocycles. The molecule has 2 bridgehead atoms. The van der Waals surface area contributed by atoms with Gasteiger partial charge in [0.2, 0.25) is 5.91 Å². The number of rotatable bonds is 4. The van der Waals surface area contributed by atoms with Crippen molar-refractivity contribution < 1.29 is 19.1 Å². The number of pyridine rings is 1. The predicted octanol–water partition coefficient (Wildman–Crippen LogP) is 2.48. The fourth-order valence-corrected chi connectivity index (χ4v) is 5.67. The molecule has 6 rings (SSSR count). The van der Waals surface area contributed by atoms with E-state index in [1.807, 2.05) is 24.3 Å². The monoisotopic (exact) mass is 467 g/mol. The molecular weight excluding hydrogens is 446 g/mol. The lowest BCUT2D eigenvalue weighted by atomic mass is 10.1. The molecule has 3 aliphatic heterocycles. The Morgan fingerprint density at radius 2 is 1.97 bits per heavy atom. The second-order valence-electron chi connectivity index (χ2n) is 8.99. The van der Waals surface area contributed by atoms with Crippen LogP contribution in [0.2, 0.25) is 0 Å². The molecule has 3 fully saturated rings. The maximum absolute atomic E-state index is 13.6. The molecule has 3 atom stereocenters. The highest BCUT2D eigenvalue weighted by Gasteiger charge is 2.63. The number of piperazine rings is 1. The van der Waals surface area contributed by atoms with Gasteiger partial charge in [-0.1, -0.05) is 36.4 Å². The lowest BCUT2D eigenvalue weighted by molar-refractivity contribution is -0.135. The first-order chi connectivity index (χ1) is 17.0. The van der Waals surface area contributed by atoms with E-state index in [1.165, 1.54) is 6.20 Å². The molecule has 3 aromatic rings. The van der Waals surface area contributed by atoms with Crippen molar-refractivity contribution in [2.45, 2.75) is 31.0 Å². The molecule has 4 amide bonds. The summed E-state index contributed by atoms with van der Waals surface area (Å²) in [5, 5.41) is 10.6. The van der Waals surface area contributed by atoms with Crippen LogP contribution in [-0.2, 0) is 16.0 Å². The lowest BCUT2D eigenvalue weighted by Gasteiger charge is -2.35. The number of methoxy groups -OCH3 is 1. The summed E-state index contributed by atoms with van der Waals surface area (Å²) in [6.45, 7) is 0.406. The van der Waals surface area contributed by atoms with Gasteiger partial charge in [0, 0.05) is 17.3 Å². The summed E-state index contributed by atoms with van der Waals surface area (Å²) in [4.78, 5) is 49.0. The minimum atomic E-state index is -0.718. The van der Waals surface area contributed by atoms with Crippen LogP contribution in [0.1, 0.15) is 17.7 Å². The van der Waals surface area contributed by atoms with Gasteiger partial charge in [0.25, 0.3) is 5.91 Å². The number of anilines is 1. The number of fused-ring (bicyclic) bond motifs is 6. The third-order valence-corrected chi connectivity index (χ3v) is 7.20. The third-order valence-electron chi connectivity index (χ3n) is 7.20. The number of likely N-dealkylation sites (tertiary alicyclic amines) is 1. The fraction of sp³-hybridized carbons (Fsp3) is 0.269. The number of benzene rings is 2. The smallest absolute Gasteiger partial charge is 0.332 e. The highest BCUT2D eigenvalue weighted by molar-refractivity contribution is 6.25. The fourth-order valence-electron chi connectivity index (χ4n) is 5.67. The number of ether oxygens (including phenoxy) is 1. The van der Waals surface area contributed by atoms with Crippen molar-refractivity contribution in [1.29, 1.82) is 5.26 Å². The van der Waals surface area contributed by atoms with Crippen LogP contribution < -0.4 is 9.64 Å². The standard InChI is InChI=1S/C26H21N5O4/c1-35-17-6-4-5-15(9-17)10-23(32)29-14-16-11-21(29)24-25(33)31(26(34)30(16)24)22-13-28-20(12-27)18-7-2-3-8-19(18)22/h2-9,13,16,21,24H,10-11,14H2,1H3/t16-,21?,24+/m1/s1. The zero-order chi connectivity index (χ0) is 24.3. The summed E-state index contributed by atoms with van der Waals surface area (Å²) in [5.41, 5.74) is 1.43. The molecular formula is C26H21N5O4. The third kappa shape index (κ3) is 3.06. The Morgan fingerprint density at radius 1 is 1.17 bits per heavy atom. The SMILES string of the molecule is COc1cccc(CC(=O)N2C[C@H]3CC2[C@H]2C(=O)N(c4cnc(C#N)c5ccccc45)C(=O)N32)c1. The van der Waals surface area contributed by atoms with Crippen molar-refractivity contribution in [3.05, 3.63) is 66.0 Å². The zero-order valence-corrected chi connectivity index (χ0v) is 18.9. The molecule has 2 aromatic carbocycles. The quantitative estimate of drug-likeness (QED) is 0.546. The van der Waals surface area contributed by atoms with E-state index in [0.717, 1.165) is 10.5 Å². The first kappa shape index (κ1) is 21.1. The van der Waals surface area contributed by atoms with Crippen LogP contribution in [0.4, 0.5) is 10.5 Å². The molecule has 174 valence electrons. The van der Waals surface area contributed by atoms with Crippen LogP contribution in [0.25, 0.3) is 10.8 Å². The maximum Gasteiger partial charge on any atom is 0.332 e. The summed E-state index contributed by atoms with van der Waals surface area (Å²) in [6, 6.07) is 14.8. The molecule has 9 heteroatoms.